The lowest BCUT2D eigenvalue weighted by molar-refractivity contribution is -0.440. The molecule has 0 amide bonds. The number of alkyl halides is 13. The maximum atomic E-state index is 13.7. The Kier molecular flexibility index (Phi) is 11.4. The monoisotopic (exact) mass is 652 g/mol. The number of ether oxygens (including phenoxy) is 1. The molecule has 0 fully saturated rings. The number of nitrogens with zero attached hydrogens (tertiary/aromatic N) is 2. The van der Waals surface area contributed by atoms with Gasteiger partial charge in [0.25, 0.3) is 0 Å². The van der Waals surface area contributed by atoms with Crippen molar-refractivity contribution in [2.24, 2.45) is 0 Å². The summed E-state index contributed by atoms with van der Waals surface area (Å²) in [6, 6.07) is 0. The van der Waals surface area contributed by atoms with Crippen molar-refractivity contribution >= 4 is 40.8 Å². The average molecular weight is 653 g/mol. The number of rotatable bonds is 15. The number of carbonyl (C=O) groups is 1. The van der Waals surface area contributed by atoms with Crippen LogP contribution in [0.3, 0.4) is 0 Å². The van der Waals surface area contributed by atoms with Gasteiger partial charge in [0.05, 0.1) is 19.4 Å². The van der Waals surface area contributed by atoms with Gasteiger partial charge in [-0.2, -0.15) is 57.1 Å². The van der Waals surface area contributed by atoms with Gasteiger partial charge < -0.3 is 4.74 Å². The van der Waals surface area contributed by atoms with Crippen molar-refractivity contribution in [3.8, 4) is 0 Å². The van der Waals surface area contributed by atoms with Crippen molar-refractivity contribution in [3.05, 3.63) is 0 Å². The summed E-state index contributed by atoms with van der Waals surface area (Å²) in [5.74, 6) is -38.7. The van der Waals surface area contributed by atoms with E-state index < -0.39 is 61.2 Å². The molecule has 0 aliphatic heterocycles. The predicted molar refractivity (Wildman–Crippen MR) is 116 cm³/mol. The Bertz CT molecular complexity index is 969. The van der Waals surface area contributed by atoms with Crippen LogP contribution >= 0.6 is 34.9 Å². The topological polar surface area (TPSA) is 52.1 Å². The lowest BCUT2D eigenvalue weighted by atomic mass is 9.93. The second-order valence-electron chi connectivity index (χ2n) is 8.51. The Morgan fingerprint density at radius 3 is 1.82 bits per heavy atom. The second-order valence-corrected chi connectivity index (χ2v) is 12.8. The summed E-state index contributed by atoms with van der Waals surface area (Å²) in [6.45, 7) is 4.23. The lowest BCUT2D eigenvalue weighted by Gasteiger charge is -2.39. The van der Waals surface area contributed by atoms with E-state index in [1.165, 1.54) is 23.1 Å². The van der Waals surface area contributed by atoms with E-state index in [0.29, 0.717) is 8.68 Å². The number of esters is 1. The normalized spacial score (nSPS) is 14.6. The molecule has 4 nitrogen and oxygen atoms in total. The molecule has 0 saturated carbocycles. The first kappa shape index (κ1) is 35.8. The van der Waals surface area contributed by atoms with Gasteiger partial charge in [-0.3, -0.25) is 4.79 Å². The summed E-state index contributed by atoms with van der Waals surface area (Å²) in [5.41, 5.74) is 0. The molecule has 0 aromatic carbocycles. The van der Waals surface area contributed by atoms with Crippen LogP contribution in [0.15, 0.2) is 8.68 Å². The third kappa shape index (κ3) is 7.97. The smallest absolute Gasteiger partial charge is 0.460 e. The van der Waals surface area contributed by atoms with Crippen LogP contribution < -0.4 is 0 Å². The molecule has 1 aromatic heterocycles. The fourth-order valence-electron chi connectivity index (χ4n) is 2.73. The number of hydrogen-bond donors (Lipinski definition) is 0. The van der Waals surface area contributed by atoms with Gasteiger partial charge in [-0.25, -0.2) is 0 Å². The van der Waals surface area contributed by atoms with Crippen molar-refractivity contribution < 1.29 is 66.6 Å². The molecular formula is C19H21F13N2O2S3. The van der Waals surface area contributed by atoms with Crippen LogP contribution in [0, 0.1) is 0 Å². The average Bonchev–Trinajstić information content (AvgIpc) is 3.18. The highest BCUT2D eigenvalue weighted by Crippen LogP contribution is 2.60. The minimum Gasteiger partial charge on any atom is -0.465 e. The molecule has 0 unspecified atom stereocenters. The Morgan fingerprint density at radius 1 is 0.795 bits per heavy atom. The molecule has 0 saturated heterocycles. The van der Waals surface area contributed by atoms with Gasteiger partial charge in [-0.15, -0.1) is 10.2 Å². The van der Waals surface area contributed by atoms with Crippen LogP contribution in [0.2, 0.25) is 0 Å². The minimum absolute atomic E-state index is 0.0835. The van der Waals surface area contributed by atoms with Gasteiger partial charge in [0.1, 0.15) is 0 Å². The largest absolute Gasteiger partial charge is 0.465 e. The number of carbonyl (C=O) groups excluding carboxylic acids is 1. The molecule has 20 heteroatoms. The summed E-state index contributed by atoms with van der Waals surface area (Å²) in [7, 11) is 0. The fourth-order valence-corrected chi connectivity index (χ4v) is 6.41. The van der Waals surface area contributed by atoms with Crippen molar-refractivity contribution in [1.29, 1.82) is 0 Å². The quantitative estimate of drug-likeness (QED) is 0.108. The van der Waals surface area contributed by atoms with Crippen molar-refractivity contribution in [1.82, 2.24) is 10.2 Å². The Balaban J connectivity index is 2.70. The maximum absolute atomic E-state index is 13.7. The van der Waals surface area contributed by atoms with E-state index in [4.69, 9.17) is 0 Å². The molecular weight excluding hydrogens is 631 g/mol. The number of halogens is 13. The van der Waals surface area contributed by atoms with E-state index in [2.05, 4.69) is 14.9 Å². The van der Waals surface area contributed by atoms with Crippen molar-refractivity contribution in [2.45, 2.75) is 95.7 Å². The molecule has 0 bridgehead atoms. The number of aromatic nitrogens is 2. The summed E-state index contributed by atoms with van der Waals surface area (Å²) >= 11 is 3.62. The van der Waals surface area contributed by atoms with E-state index >= 15 is 0 Å². The SMILES string of the molecule is CCCC(C)(C)Sc1nnc(SCCC(=O)OCCC(F)(F)C(F)(F)C(F)(F)C(F)(F)C(F)(F)C(F)(F)F)s1. The van der Waals surface area contributed by atoms with E-state index in [1.807, 2.05) is 20.8 Å². The van der Waals surface area contributed by atoms with Crippen molar-refractivity contribution in [2.75, 3.05) is 12.4 Å². The van der Waals surface area contributed by atoms with E-state index in [1.54, 1.807) is 0 Å². The molecule has 228 valence electrons. The highest BCUT2D eigenvalue weighted by atomic mass is 32.2. The van der Waals surface area contributed by atoms with Gasteiger partial charge in [-0.05, 0) is 6.42 Å². The Hall–Kier alpha value is -1.18. The first-order chi connectivity index (χ1) is 17.4. The second kappa shape index (κ2) is 12.4. The lowest BCUT2D eigenvalue weighted by Crippen LogP contribution is -2.70. The molecule has 0 atom stereocenters. The molecule has 0 radical (unpaired) electrons. The first-order valence-corrected chi connectivity index (χ1v) is 13.2. The highest BCUT2D eigenvalue weighted by Gasteiger charge is 2.90. The summed E-state index contributed by atoms with van der Waals surface area (Å²) in [6.07, 6.45) is -8.79. The zero-order valence-electron chi connectivity index (χ0n) is 20.1. The molecule has 0 aliphatic rings. The number of hydrogen-bond acceptors (Lipinski definition) is 7. The Labute approximate surface area is 225 Å². The van der Waals surface area contributed by atoms with E-state index in [-0.39, 0.29) is 10.5 Å². The van der Waals surface area contributed by atoms with Gasteiger partial charge in [-0.1, -0.05) is 62.1 Å². The fraction of sp³-hybridized carbons (Fsp3) is 0.842. The number of thioether (sulfide) groups is 2. The van der Waals surface area contributed by atoms with Crippen LogP contribution in [0.5, 0.6) is 0 Å². The van der Waals surface area contributed by atoms with Crippen LogP contribution in [-0.2, 0) is 9.53 Å². The van der Waals surface area contributed by atoms with Crippen molar-refractivity contribution in [3.63, 3.8) is 0 Å². The summed E-state index contributed by atoms with van der Waals surface area (Å²) in [5, 5.41) is 7.84. The van der Waals surface area contributed by atoms with Gasteiger partial charge in [0.2, 0.25) is 0 Å². The molecule has 1 heterocycles. The molecule has 0 aliphatic carbocycles. The summed E-state index contributed by atoms with van der Waals surface area (Å²) in [4.78, 5) is 11.6. The van der Waals surface area contributed by atoms with Gasteiger partial charge in [0, 0.05) is 10.5 Å². The zero-order chi connectivity index (χ0) is 30.7. The van der Waals surface area contributed by atoms with Gasteiger partial charge >= 0.3 is 41.8 Å². The van der Waals surface area contributed by atoms with Gasteiger partial charge in [0.15, 0.2) is 8.68 Å². The molecule has 0 N–H and O–H groups in total. The van der Waals surface area contributed by atoms with Crippen LogP contribution in [0.1, 0.15) is 46.5 Å². The molecule has 1 rings (SSSR count). The maximum Gasteiger partial charge on any atom is 0.460 e. The molecule has 39 heavy (non-hydrogen) atoms. The van der Waals surface area contributed by atoms with Crippen LogP contribution in [-0.4, -0.2) is 69.1 Å². The standard InChI is InChI=1S/C19H21F13N2O2S3/c1-4-6-13(2,3)39-12-34-33-11(38-12)37-9-5-10(35)36-8-7-14(20,21)15(22,23)16(24,25)17(26,27)18(28,29)19(30,31)32/h4-9H2,1-3H3. The minimum atomic E-state index is -7.96. The Morgan fingerprint density at radius 2 is 1.31 bits per heavy atom. The predicted octanol–water partition coefficient (Wildman–Crippen LogP) is 8.36. The van der Waals surface area contributed by atoms with Crippen LogP contribution in [0.25, 0.3) is 0 Å². The van der Waals surface area contributed by atoms with E-state index in [0.717, 1.165) is 24.6 Å². The van der Waals surface area contributed by atoms with Crippen LogP contribution in [0.4, 0.5) is 57.1 Å². The summed E-state index contributed by atoms with van der Waals surface area (Å²) < 4.78 is 175. The molecule has 1 aromatic rings. The highest BCUT2D eigenvalue weighted by molar-refractivity contribution is 8.04. The molecule has 0 spiro atoms. The zero-order valence-corrected chi connectivity index (χ0v) is 22.5. The van der Waals surface area contributed by atoms with E-state index in [9.17, 15) is 61.9 Å². The third-order valence-electron chi connectivity index (χ3n) is 4.81. The third-order valence-corrected chi connectivity index (χ3v) is 8.18. The first-order valence-electron chi connectivity index (χ1n) is 10.6.